The van der Waals surface area contributed by atoms with E-state index in [1.54, 1.807) is 85.7 Å². The largest absolute Gasteiger partial charge is 0.459 e. The first-order valence-electron chi connectivity index (χ1n) is 21.3. The number of nitrogens with zero attached hydrogens (tertiary/aromatic N) is 1. The van der Waals surface area contributed by atoms with E-state index in [9.17, 15) is 29.4 Å². The number of primary amides is 1. The van der Waals surface area contributed by atoms with Crippen LogP contribution < -0.4 is 5.73 Å². The molecule has 2 fully saturated rings. The van der Waals surface area contributed by atoms with Crippen molar-refractivity contribution in [3.05, 3.63) is 47.5 Å². The Hall–Kier alpha value is -3.48. The molecule has 3 aliphatic rings. The molecule has 1 amide bonds. The molecule has 344 valence electrons. The van der Waals surface area contributed by atoms with Crippen LogP contribution in [0, 0.1) is 17.8 Å². The quantitative estimate of drug-likeness (QED) is 0.215. The number of Topliss-reactive ketones (excluding diaryl/α,β-unsaturated/α-hetero) is 1. The first-order chi connectivity index (χ1) is 28.4. The normalized spacial score (nSPS) is 41.5. The zero-order valence-corrected chi connectivity index (χ0v) is 38.1. The number of methoxy groups -OCH3 is 1. The van der Waals surface area contributed by atoms with Crippen molar-refractivity contribution in [1.82, 2.24) is 4.90 Å². The number of rotatable bonds is 10. The Morgan fingerprint density at radius 3 is 2.16 bits per heavy atom. The van der Waals surface area contributed by atoms with Gasteiger partial charge in [-0.15, -0.1) is 0 Å². The van der Waals surface area contributed by atoms with Crippen molar-refractivity contribution >= 4 is 23.8 Å². The predicted octanol–water partition coefficient (Wildman–Crippen LogP) is 4.70. The zero-order chi connectivity index (χ0) is 45.8. The van der Waals surface area contributed by atoms with E-state index in [1.165, 1.54) is 20.1 Å². The van der Waals surface area contributed by atoms with Gasteiger partial charge in [0, 0.05) is 25.4 Å². The molecule has 4 N–H and O–H groups in total. The molecule has 2 saturated heterocycles. The molecule has 0 radical (unpaired) electrons. The number of ether oxygens (including phenoxy) is 8. The van der Waals surface area contributed by atoms with Crippen LogP contribution in [-0.2, 0) is 47.5 Å². The van der Waals surface area contributed by atoms with Crippen LogP contribution in [-0.4, -0.2) is 138 Å². The number of carbonyl (C=O) groups excluding carboxylic acids is 4. The minimum atomic E-state index is -1.76. The average Bonchev–Trinajstić information content (AvgIpc) is 3.18. The number of hydrogen-bond acceptors (Lipinski definition) is 15. The maximum atomic E-state index is 14.4. The lowest BCUT2D eigenvalue weighted by molar-refractivity contribution is -0.317. The molecular weight excluding hydrogens is 792 g/mol. The van der Waals surface area contributed by atoms with Crippen LogP contribution in [0.2, 0.25) is 0 Å². The van der Waals surface area contributed by atoms with Gasteiger partial charge >= 0.3 is 18.0 Å². The van der Waals surface area contributed by atoms with E-state index in [4.69, 9.17) is 43.6 Å². The van der Waals surface area contributed by atoms with Crippen molar-refractivity contribution in [2.45, 2.75) is 173 Å². The van der Waals surface area contributed by atoms with Crippen LogP contribution in [0.5, 0.6) is 0 Å². The van der Waals surface area contributed by atoms with Gasteiger partial charge in [-0.25, -0.2) is 9.59 Å². The maximum absolute atomic E-state index is 14.4. The number of allylic oxidation sites excluding steroid dienone is 1. The molecule has 3 heterocycles. The highest BCUT2D eigenvalue weighted by molar-refractivity contribution is 5.96. The summed E-state index contributed by atoms with van der Waals surface area (Å²) in [5, 5.41) is 22.7. The fraction of sp³-hybridized carbons (Fsp3) is 0.733. The van der Waals surface area contributed by atoms with Gasteiger partial charge in [0.25, 0.3) is 0 Å². The number of benzene rings is 1. The number of hydrogen-bond donors (Lipinski definition) is 3. The molecule has 3 aliphatic heterocycles. The number of aliphatic hydroxyl groups excluding tert-OH is 1. The van der Waals surface area contributed by atoms with E-state index in [0.29, 0.717) is 12.0 Å². The summed E-state index contributed by atoms with van der Waals surface area (Å²) >= 11 is 0. The number of esters is 2. The minimum Gasteiger partial charge on any atom is -0.459 e. The molecule has 16 nitrogen and oxygen atoms in total. The van der Waals surface area contributed by atoms with Gasteiger partial charge in [0.15, 0.2) is 24.5 Å². The lowest BCUT2D eigenvalue weighted by Gasteiger charge is -2.49. The third kappa shape index (κ3) is 11.8. The summed E-state index contributed by atoms with van der Waals surface area (Å²) in [5.41, 5.74) is 1.71. The standard InChI is InChI=1S/C45H70N2O14/c1-14-32-43(8,53)21-24(2)34(48)25(3)22-45(10,61-42(46)52)38(27(5)35(28(6)39(50)57-32)58-33-23-44(9,54-13)37(49)29(7)56-33)60-41-36(31(47(11)12)20-26(4)55-41)59-40(51)30-18-16-15-17-19-30/h15-19,21,25-29,31-33,35-38,41,49,53H,14,20,22-23H2,1-13H3,(H2,46,52)/b24-21+/t25-,26-,27+,28-,29+,31+,32-,33+,35+,36-,37+,38-,41?,43+,44-,45-/m1/s1. The Morgan fingerprint density at radius 1 is 0.951 bits per heavy atom. The zero-order valence-electron chi connectivity index (χ0n) is 38.1. The van der Waals surface area contributed by atoms with Gasteiger partial charge in [-0.2, -0.15) is 0 Å². The molecule has 16 atom stereocenters. The fourth-order valence-electron chi connectivity index (χ4n) is 9.27. The van der Waals surface area contributed by atoms with Crippen molar-refractivity contribution in [1.29, 1.82) is 0 Å². The highest BCUT2D eigenvalue weighted by Gasteiger charge is 2.54. The van der Waals surface area contributed by atoms with Crippen LogP contribution in [0.4, 0.5) is 4.79 Å². The van der Waals surface area contributed by atoms with Crippen molar-refractivity contribution in [2.75, 3.05) is 21.2 Å². The summed E-state index contributed by atoms with van der Waals surface area (Å²) in [5.74, 6) is -4.66. The molecule has 1 unspecified atom stereocenters. The smallest absolute Gasteiger partial charge is 0.405 e. The minimum absolute atomic E-state index is 0.0494. The van der Waals surface area contributed by atoms with Gasteiger partial charge < -0.3 is 58.7 Å². The second kappa shape index (κ2) is 20.4. The van der Waals surface area contributed by atoms with Crippen LogP contribution in [0.15, 0.2) is 42.0 Å². The molecule has 0 aromatic heterocycles. The molecule has 1 aromatic carbocycles. The third-order valence-electron chi connectivity index (χ3n) is 12.7. The molecule has 0 spiro atoms. The Morgan fingerprint density at radius 2 is 1.59 bits per heavy atom. The first-order valence-corrected chi connectivity index (χ1v) is 21.3. The predicted molar refractivity (Wildman–Crippen MR) is 223 cm³/mol. The third-order valence-corrected chi connectivity index (χ3v) is 12.7. The molecule has 0 aliphatic carbocycles. The van der Waals surface area contributed by atoms with Gasteiger partial charge in [-0.3, -0.25) is 9.59 Å². The van der Waals surface area contributed by atoms with Gasteiger partial charge in [0.05, 0.1) is 41.4 Å². The van der Waals surface area contributed by atoms with Crippen LogP contribution in [0.25, 0.3) is 0 Å². The Kier molecular flexibility index (Phi) is 16.7. The Bertz CT molecular complexity index is 1710. The molecule has 0 bridgehead atoms. The number of cyclic esters (lactones) is 1. The van der Waals surface area contributed by atoms with Crippen molar-refractivity contribution < 1.29 is 67.3 Å². The topological polar surface area (TPSA) is 212 Å². The second-order valence-corrected chi connectivity index (χ2v) is 18.1. The van der Waals surface area contributed by atoms with E-state index < -0.39 is 114 Å². The van der Waals surface area contributed by atoms with Gasteiger partial charge in [0.1, 0.15) is 29.5 Å². The summed E-state index contributed by atoms with van der Waals surface area (Å²) in [6.07, 6.45) is -8.33. The summed E-state index contributed by atoms with van der Waals surface area (Å²) in [6, 6.07) is 8.08. The molecule has 61 heavy (non-hydrogen) atoms. The average molecular weight is 863 g/mol. The Labute approximate surface area is 360 Å². The summed E-state index contributed by atoms with van der Waals surface area (Å²) in [6.45, 7) is 16.6. The number of aliphatic hydroxyl groups is 2. The van der Waals surface area contributed by atoms with Crippen LogP contribution in [0.3, 0.4) is 0 Å². The van der Waals surface area contributed by atoms with Crippen LogP contribution in [0.1, 0.15) is 105 Å². The summed E-state index contributed by atoms with van der Waals surface area (Å²) in [4.78, 5) is 57.2. The molecule has 4 rings (SSSR count). The number of ketones is 1. The van der Waals surface area contributed by atoms with E-state index >= 15 is 0 Å². The van der Waals surface area contributed by atoms with Gasteiger partial charge in [0.2, 0.25) is 0 Å². The molecule has 16 heteroatoms. The second-order valence-electron chi connectivity index (χ2n) is 18.1. The fourth-order valence-corrected chi connectivity index (χ4v) is 9.27. The van der Waals surface area contributed by atoms with Crippen molar-refractivity contribution in [2.24, 2.45) is 23.5 Å². The number of nitrogens with two attached hydrogens (primary N) is 1. The van der Waals surface area contributed by atoms with Crippen molar-refractivity contribution in [3.8, 4) is 0 Å². The van der Waals surface area contributed by atoms with E-state index in [0.717, 1.165) is 0 Å². The highest BCUT2D eigenvalue weighted by Crippen LogP contribution is 2.42. The monoisotopic (exact) mass is 862 g/mol. The van der Waals surface area contributed by atoms with Gasteiger partial charge in [-0.05, 0) is 106 Å². The highest BCUT2D eigenvalue weighted by atomic mass is 16.7. The maximum Gasteiger partial charge on any atom is 0.405 e. The van der Waals surface area contributed by atoms with E-state index in [2.05, 4.69) is 0 Å². The van der Waals surface area contributed by atoms with E-state index in [-0.39, 0.29) is 30.6 Å². The lowest BCUT2D eigenvalue weighted by atomic mass is 9.76. The molecule has 0 saturated carbocycles. The SMILES string of the molecule is CC[C@H]1OC(=O)[C@H](C)[C@@H](O[C@H]2C[C@@](C)(OC)[C@@H](O)[C@H](C)O2)[C@H](C)[C@@H](OC2O[C@H](C)C[C@H](N(C)C)[C@H]2OC(=O)c2ccccc2)[C@](C)(OC(N)=O)C[C@@H](C)C(=O)/C(C)=C/[C@]1(C)O. The van der Waals surface area contributed by atoms with Crippen LogP contribution >= 0.6 is 0 Å². The molecular formula is C45H70N2O14. The first kappa shape index (κ1) is 50.2. The molecule has 1 aromatic rings. The summed E-state index contributed by atoms with van der Waals surface area (Å²) < 4.78 is 50.6. The number of likely N-dealkylation sites (N-methyl/N-ethyl adjacent to an activating group) is 1. The van der Waals surface area contributed by atoms with E-state index in [1.807, 2.05) is 25.9 Å². The summed E-state index contributed by atoms with van der Waals surface area (Å²) in [7, 11) is 5.18. The lowest BCUT2D eigenvalue weighted by Crippen LogP contribution is -2.62. The number of amides is 1. The van der Waals surface area contributed by atoms with Gasteiger partial charge in [-0.1, -0.05) is 39.0 Å². The van der Waals surface area contributed by atoms with Crippen molar-refractivity contribution in [3.63, 3.8) is 0 Å². The number of carbonyl (C=O) groups is 4. The Balaban J connectivity index is 1.95.